The van der Waals surface area contributed by atoms with Crippen LogP contribution in [0.15, 0.2) is 91.5 Å². The molecule has 0 aliphatic rings. The van der Waals surface area contributed by atoms with E-state index in [1.165, 1.54) is 0 Å². The molecule has 0 unspecified atom stereocenters. The second-order valence-electron chi connectivity index (χ2n) is 8.25. The van der Waals surface area contributed by atoms with Crippen molar-refractivity contribution in [3.8, 4) is 39.7 Å². The van der Waals surface area contributed by atoms with E-state index in [1.54, 1.807) is 6.20 Å². The van der Waals surface area contributed by atoms with E-state index in [0.717, 1.165) is 57.2 Å². The summed E-state index contributed by atoms with van der Waals surface area (Å²) in [6, 6.07) is 24.0. The lowest BCUT2D eigenvalue weighted by Crippen LogP contribution is -2.04. The molecule has 0 radical (unpaired) electrons. The van der Waals surface area contributed by atoms with Crippen LogP contribution in [0.25, 0.3) is 50.6 Å². The molecule has 0 saturated carbocycles. The van der Waals surface area contributed by atoms with Crippen molar-refractivity contribution >= 4 is 34.1 Å². The van der Waals surface area contributed by atoms with Crippen LogP contribution in [-0.2, 0) is 6.54 Å². The third-order valence-corrected chi connectivity index (χ3v) is 6.70. The Morgan fingerprint density at radius 3 is 2.20 bits per heavy atom. The normalized spacial score (nSPS) is 11.4. The van der Waals surface area contributed by atoms with Gasteiger partial charge in [-0.3, -0.25) is 4.57 Å². The summed E-state index contributed by atoms with van der Waals surface area (Å²) in [5.74, 6) is 1.80. The van der Waals surface area contributed by atoms with Gasteiger partial charge < -0.3 is 9.55 Å². The number of hydrogen-bond acceptors (Lipinski definition) is 2. The van der Waals surface area contributed by atoms with Gasteiger partial charge in [-0.05, 0) is 37.3 Å². The van der Waals surface area contributed by atoms with Crippen LogP contribution in [0.1, 0.15) is 6.92 Å². The molecule has 0 aliphatic carbocycles. The molecule has 5 nitrogen and oxygen atoms in total. The maximum absolute atomic E-state index is 6.18. The predicted octanol–water partition coefficient (Wildman–Crippen LogP) is 7.88. The first-order valence-corrected chi connectivity index (χ1v) is 12.1. The van der Waals surface area contributed by atoms with E-state index in [0.29, 0.717) is 10.0 Å². The van der Waals surface area contributed by atoms with E-state index in [9.17, 15) is 0 Å². The second-order valence-corrected chi connectivity index (χ2v) is 9.13. The van der Waals surface area contributed by atoms with Crippen molar-refractivity contribution in [1.29, 1.82) is 0 Å². The Balaban J connectivity index is 1.66. The topological polar surface area (TPSA) is 51.4 Å². The monoisotopic (exact) mass is 497 g/mol. The number of fused-ring (bicyclic) bond motifs is 1. The van der Waals surface area contributed by atoms with Crippen molar-refractivity contribution < 1.29 is 0 Å². The quantitative estimate of drug-likeness (QED) is 0.263. The Hall–Kier alpha value is -3.80. The van der Waals surface area contributed by atoms with Crippen LogP contribution in [-0.4, -0.2) is 24.1 Å². The molecule has 1 N–H and O–H groups in total. The first-order valence-electron chi connectivity index (χ1n) is 11.4. The van der Waals surface area contributed by atoms with Gasteiger partial charge >= 0.3 is 0 Å². The minimum atomic E-state index is 0.686. The van der Waals surface area contributed by atoms with Crippen LogP contribution in [0.4, 0.5) is 0 Å². The number of rotatable bonds is 5. The van der Waals surface area contributed by atoms with Gasteiger partial charge in [0.1, 0.15) is 18.0 Å². The van der Waals surface area contributed by atoms with Crippen LogP contribution in [0.5, 0.6) is 0 Å². The highest BCUT2D eigenvalue weighted by Gasteiger charge is 2.24. The Bertz CT molecular complexity index is 1560. The molecule has 3 aromatic heterocycles. The lowest BCUT2D eigenvalue weighted by atomic mass is 10.1. The van der Waals surface area contributed by atoms with Crippen LogP contribution >= 0.6 is 23.2 Å². The van der Waals surface area contributed by atoms with Gasteiger partial charge in [0, 0.05) is 45.5 Å². The number of imidazole rings is 2. The van der Waals surface area contributed by atoms with Gasteiger partial charge in [-0.15, -0.1) is 0 Å². The zero-order valence-corrected chi connectivity index (χ0v) is 20.4. The lowest BCUT2D eigenvalue weighted by Gasteiger charge is -2.10. The Morgan fingerprint density at radius 1 is 0.857 bits per heavy atom. The van der Waals surface area contributed by atoms with Crippen LogP contribution in [0.2, 0.25) is 10.0 Å². The molecule has 6 aromatic rings. The van der Waals surface area contributed by atoms with E-state index >= 15 is 0 Å². The van der Waals surface area contributed by atoms with Crippen LogP contribution < -0.4 is 0 Å². The first kappa shape index (κ1) is 21.7. The summed E-state index contributed by atoms with van der Waals surface area (Å²) in [6.07, 6.45) is 5.59. The van der Waals surface area contributed by atoms with Crippen LogP contribution in [0.3, 0.4) is 0 Å². The summed E-state index contributed by atoms with van der Waals surface area (Å²) < 4.78 is 4.34. The molecule has 3 heterocycles. The minimum absolute atomic E-state index is 0.686. The van der Waals surface area contributed by atoms with Crippen molar-refractivity contribution in [2.75, 3.05) is 0 Å². The number of H-pyrrole nitrogens is 1. The number of nitrogens with one attached hydrogen (secondary N) is 1. The van der Waals surface area contributed by atoms with E-state index in [2.05, 4.69) is 45.7 Å². The third kappa shape index (κ3) is 3.73. The zero-order valence-electron chi connectivity index (χ0n) is 18.9. The fourth-order valence-corrected chi connectivity index (χ4v) is 4.88. The van der Waals surface area contributed by atoms with Gasteiger partial charge in [0.25, 0.3) is 0 Å². The molecule has 0 atom stereocenters. The maximum atomic E-state index is 6.18. The van der Waals surface area contributed by atoms with E-state index in [-0.39, 0.29) is 0 Å². The molecule has 35 heavy (non-hydrogen) atoms. The summed E-state index contributed by atoms with van der Waals surface area (Å²) in [5.41, 5.74) is 5.92. The number of aromatic nitrogens is 5. The number of benzene rings is 3. The number of aromatic amines is 1. The van der Waals surface area contributed by atoms with Crippen molar-refractivity contribution in [3.05, 3.63) is 102 Å². The number of hydrogen-bond donors (Lipinski definition) is 1. The zero-order chi connectivity index (χ0) is 23.9. The highest BCUT2D eigenvalue weighted by atomic mass is 35.5. The average Bonchev–Trinajstić information content (AvgIpc) is 3.62. The van der Waals surface area contributed by atoms with Crippen molar-refractivity contribution in [2.45, 2.75) is 13.5 Å². The number of aryl methyl sites for hydroxylation is 1. The molecule has 3 aromatic carbocycles. The maximum Gasteiger partial charge on any atom is 0.142 e. The number of para-hydroxylation sites is 1. The summed E-state index contributed by atoms with van der Waals surface area (Å²) >= 11 is 12.4. The average molecular weight is 498 g/mol. The molecule has 0 bridgehead atoms. The van der Waals surface area contributed by atoms with Crippen molar-refractivity contribution in [1.82, 2.24) is 24.1 Å². The molecule has 0 amide bonds. The third-order valence-electron chi connectivity index (χ3n) is 6.20. The molecule has 0 saturated heterocycles. The van der Waals surface area contributed by atoms with Gasteiger partial charge in [0.05, 0.1) is 22.5 Å². The van der Waals surface area contributed by atoms with Gasteiger partial charge in [0.2, 0.25) is 0 Å². The van der Waals surface area contributed by atoms with Gasteiger partial charge in [-0.1, -0.05) is 65.7 Å². The van der Waals surface area contributed by atoms with Crippen molar-refractivity contribution in [3.63, 3.8) is 0 Å². The van der Waals surface area contributed by atoms with Crippen molar-refractivity contribution in [2.24, 2.45) is 0 Å². The lowest BCUT2D eigenvalue weighted by molar-refractivity contribution is 0.756. The molecule has 6 rings (SSSR count). The molecule has 0 spiro atoms. The largest absolute Gasteiger partial charge is 0.337 e. The Kier molecular flexibility index (Phi) is 5.44. The fourth-order valence-electron chi connectivity index (χ4n) is 4.63. The van der Waals surface area contributed by atoms with Gasteiger partial charge in [0.15, 0.2) is 0 Å². The molecular weight excluding hydrogens is 477 g/mol. The second kappa shape index (κ2) is 8.77. The Labute approximate surface area is 212 Å². The van der Waals surface area contributed by atoms with E-state index < -0.39 is 0 Å². The van der Waals surface area contributed by atoms with Gasteiger partial charge in [-0.2, -0.15) is 0 Å². The number of nitrogens with zero attached hydrogens (tertiary/aromatic N) is 4. The molecule has 172 valence electrons. The standard InChI is InChI=1S/C28H21Cl2N5/c1-2-35-23-6-4-3-5-22(23)24(28(35)34-16-15-31-17-34)27-32-25(18-7-11-20(29)12-8-18)26(33-27)19-9-13-21(30)14-10-19/h3-17H,2H2,1H3,(H,32,33). The summed E-state index contributed by atoms with van der Waals surface area (Å²) in [7, 11) is 0. The summed E-state index contributed by atoms with van der Waals surface area (Å²) in [4.78, 5) is 13.1. The smallest absolute Gasteiger partial charge is 0.142 e. The molecular formula is C28H21Cl2N5. The van der Waals surface area contributed by atoms with Crippen LogP contribution in [0, 0.1) is 0 Å². The molecule has 0 aliphatic heterocycles. The summed E-state index contributed by atoms with van der Waals surface area (Å²) in [6.45, 7) is 2.96. The first-order chi connectivity index (χ1) is 17.1. The summed E-state index contributed by atoms with van der Waals surface area (Å²) in [5, 5.41) is 2.50. The highest BCUT2D eigenvalue weighted by molar-refractivity contribution is 6.31. The van der Waals surface area contributed by atoms with E-state index in [1.807, 2.05) is 65.6 Å². The fraction of sp³-hybridized carbons (Fsp3) is 0.0714. The number of halogens is 2. The molecule has 7 heteroatoms. The highest BCUT2D eigenvalue weighted by Crippen LogP contribution is 2.40. The van der Waals surface area contributed by atoms with E-state index in [4.69, 9.17) is 28.2 Å². The van der Waals surface area contributed by atoms with Gasteiger partial charge in [-0.25, -0.2) is 9.97 Å². The minimum Gasteiger partial charge on any atom is -0.337 e. The Morgan fingerprint density at radius 2 is 1.54 bits per heavy atom. The SMILES string of the molecule is CCn1c(-n2ccnc2)c(-c2nc(-c3ccc(Cl)cc3)c(-c3ccc(Cl)cc3)[nH]2)c2ccccc21. The molecule has 0 fully saturated rings. The predicted molar refractivity (Wildman–Crippen MR) is 143 cm³/mol.